The molecule has 1 nitrogen and oxygen atoms in total. The van der Waals surface area contributed by atoms with Crippen LogP contribution in [-0.4, -0.2) is 4.57 Å². The van der Waals surface area contributed by atoms with Gasteiger partial charge in [0, 0.05) is 43.3 Å². The van der Waals surface area contributed by atoms with Gasteiger partial charge < -0.3 is 4.57 Å². The lowest BCUT2D eigenvalue weighted by Crippen LogP contribution is -2.14. The van der Waals surface area contributed by atoms with Crippen LogP contribution in [0.4, 0.5) is 0 Å². The Hall–Kier alpha value is -3.62. The number of rotatable bonds is 1. The highest BCUT2D eigenvalue weighted by atomic mass is 32.1. The summed E-state index contributed by atoms with van der Waals surface area (Å²) in [6, 6.07) is 33.7. The molecular weight excluding hydrogens is 454 g/mol. The minimum absolute atomic E-state index is 0.0146. The normalized spacial score (nSPS) is 16.2. The molecule has 0 aliphatic heterocycles. The van der Waals surface area contributed by atoms with E-state index in [0.717, 1.165) is 0 Å². The Kier molecular flexibility index (Phi) is 3.75. The van der Waals surface area contributed by atoms with E-state index in [-0.39, 0.29) is 10.8 Å². The number of thiophene rings is 1. The van der Waals surface area contributed by atoms with Crippen LogP contribution < -0.4 is 0 Å². The number of fused-ring (bicyclic) bond motifs is 11. The van der Waals surface area contributed by atoms with Gasteiger partial charge in [-0.15, -0.1) is 11.3 Å². The van der Waals surface area contributed by atoms with Gasteiger partial charge in [0.15, 0.2) is 0 Å². The van der Waals surface area contributed by atoms with Crippen molar-refractivity contribution < 1.29 is 0 Å². The molecule has 0 radical (unpaired) electrons. The number of aromatic nitrogens is 1. The number of para-hydroxylation sites is 1. The first-order chi connectivity index (χ1) is 17.4. The molecule has 0 bridgehead atoms. The van der Waals surface area contributed by atoms with Gasteiger partial charge in [0.1, 0.15) is 0 Å². The third-order valence-corrected chi connectivity index (χ3v) is 10.3. The van der Waals surface area contributed by atoms with E-state index in [2.05, 4.69) is 123 Å². The van der Waals surface area contributed by atoms with Crippen LogP contribution in [0, 0.1) is 0 Å². The lowest BCUT2D eigenvalue weighted by Gasteiger charge is -2.21. The van der Waals surface area contributed by atoms with Gasteiger partial charge in [0.2, 0.25) is 0 Å². The number of nitrogens with zero attached hydrogens (tertiary/aromatic N) is 1. The van der Waals surface area contributed by atoms with Gasteiger partial charge >= 0.3 is 0 Å². The predicted octanol–water partition coefficient (Wildman–Crippen LogP) is 9.46. The second kappa shape index (κ2) is 6.57. The van der Waals surface area contributed by atoms with Gasteiger partial charge in [-0.3, -0.25) is 0 Å². The molecule has 174 valence electrons. The van der Waals surface area contributed by atoms with Crippen molar-refractivity contribution in [2.45, 2.75) is 38.5 Å². The second-order valence-electron chi connectivity index (χ2n) is 11.4. The highest BCUT2D eigenvalue weighted by molar-refractivity contribution is 7.21. The fourth-order valence-electron chi connectivity index (χ4n) is 7.09. The molecule has 8 rings (SSSR count). The molecule has 0 fully saturated rings. The molecule has 0 atom stereocenters. The van der Waals surface area contributed by atoms with Gasteiger partial charge in [0.25, 0.3) is 0 Å². The second-order valence-corrected chi connectivity index (χ2v) is 12.4. The van der Waals surface area contributed by atoms with E-state index in [1.807, 2.05) is 11.3 Å². The van der Waals surface area contributed by atoms with E-state index < -0.39 is 0 Å². The van der Waals surface area contributed by atoms with E-state index in [4.69, 9.17) is 0 Å². The summed E-state index contributed by atoms with van der Waals surface area (Å²) in [7, 11) is 0. The van der Waals surface area contributed by atoms with E-state index in [0.29, 0.717) is 0 Å². The molecule has 2 heterocycles. The highest BCUT2D eigenvalue weighted by Gasteiger charge is 2.42. The van der Waals surface area contributed by atoms with E-state index in [1.54, 1.807) is 0 Å². The molecule has 2 aromatic heterocycles. The molecule has 0 N–H and O–H groups in total. The van der Waals surface area contributed by atoms with Gasteiger partial charge in [-0.1, -0.05) is 107 Å². The summed E-state index contributed by atoms with van der Waals surface area (Å²) in [6.45, 7) is 9.56. The van der Waals surface area contributed by atoms with Gasteiger partial charge in [-0.25, -0.2) is 0 Å². The Labute approximate surface area is 215 Å². The summed E-state index contributed by atoms with van der Waals surface area (Å²) in [5.74, 6) is 0. The first-order valence-electron chi connectivity index (χ1n) is 12.8. The van der Waals surface area contributed by atoms with Crippen LogP contribution >= 0.6 is 11.3 Å². The maximum absolute atomic E-state index is 2.56. The Morgan fingerprint density at radius 2 is 1.22 bits per heavy atom. The fraction of sp³-hybridized carbons (Fsp3) is 0.176. The van der Waals surface area contributed by atoms with Crippen molar-refractivity contribution >= 4 is 32.3 Å². The number of hydrogen-bond acceptors (Lipinski definition) is 1. The smallest absolute Gasteiger partial charge is 0.0716 e. The molecule has 2 heteroatoms. The molecule has 6 aromatic rings. The van der Waals surface area contributed by atoms with Crippen LogP contribution in [0.5, 0.6) is 0 Å². The average Bonchev–Trinajstić information content (AvgIpc) is 3.57. The summed E-state index contributed by atoms with van der Waals surface area (Å²) in [4.78, 5) is 1.49. The van der Waals surface area contributed by atoms with Crippen LogP contribution in [0.2, 0.25) is 0 Å². The summed E-state index contributed by atoms with van der Waals surface area (Å²) < 4.78 is 3.97. The summed E-state index contributed by atoms with van der Waals surface area (Å²) in [6.07, 6.45) is 0. The highest BCUT2D eigenvalue weighted by Crippen LogP contribution is 2.59. The molecule has 0 spiro atoms. The van der Waals surface area contributed by atoms with E-state index >= 15 is 0 Å². The molecule has 0 unspecified atom stereocenters. The van der Waals surface area contributed by atoms with Crippen molar-refractivity contribution in [3.05, 3.63) is 113 Å². The van der Waals surface area contributed by atoms with Crippen LogP contribution in [0.3, 0.4) is 0 Å². The fourth-order valence-corrected chi connectivity index (χ4v) is 8.56. The summed E-state index contributed by atoms with van der Waals surface area (Å²) in [5, 5.41) is 2.77. The number of benzene rings is 4. The average molecular weight is 482 g/mol. The monoisotopic (exact) mass is 481 g/mol. The summed E-state index contributed by atoms with van der Waals surface area (Å²) >= 11 is 2.01. The molecule has 0 amide bonds. The van der Waals surface area contributed by atoms with Crippen molar-refractivity contribution in [2.75, 3.05) is 0 Å². The zero-order chi connectivity index (χ0) is 24.4. The maximum atomic E-state index is 2.56. The van der Waals surface area contributed by atoms with Crippen molar-refractivity contribution in [2.24, 2.45) is 0 Å². The van der Waals surface area contributed by atoms with Gasteiger partial charge in [-0.05, 0) is 34.4 Å². The summed E-state index contributed by atoms with van der Waals surface area (Å²) in [5.41, 5.74) is 12.4. The van der Waals surface area contributed by atoms with Crippen LogP contribution in [-0.2, 0) is 10.8 Å². The minimum atomic E-state index is -0.0518. The molecule has 2 aliphatic rings. The maximum Gasteiger partial charge on any atom is 0.0716 e. The lowest BCUT2D eigenvalue weighted by molar-refractivity contribution is 0.666. The standard InChI is InChI=1S/C34H27NS/c1-33(2)26-17-11-9-15-22(26)29-28(33)24-19-18-23-27-21-14-8-10-16-25(21)34(3,4)32(27)36-31(23)30(24)35(29)20-12-6-5-7-13-20/h5-19H,1-4H3. The van der Waals surface area contributed by atoms with Crippen LogP contribution in [0.15, 0.2) is 91.0 Å². The van der Waals surface area contributed by atoms with E-state index in [9.17, 15) is 0 Å². The molecule has 2 aliphatic carbocycles. The van der Waals surface area contributed by atoms with Crippen molar-refractivity contribution in [3.63, 3.8) is 0 Å². The zero-order valence-electron chi connectivity index (χ0n) is 21.0. The molecule has 0 saturated carbocycles. The number of hydrogen-bond donors (Lipinski definition) is 0. The van der Waals surface area contributed by atoms with Gasteiger partial charge in [0.05, 0.1) is 15.9 Å². The first kappa shape index (κ1) is 20.6. The van der Waals surface area contributed by atoms with Crippen LogP contribution in [0.1, 0.15) is 49.3 Å². The molecule has 4 aromatic carbocycles. The van der Waals surface area contributed by atoms with Crippen molar-refractivity contribution in [3.8, 4) is 28.1 Å². The topological polar surface area (TPSA) is 4.93 Å². The van der Waals surface area contributed by atoms with Crippen molar-refractivity contribution in [1.29, 1.82) is 0 Å². The Bertz CT molecular complexity index is 1880. The third-order valence-electron chi connectivity index (χ3n) is 8.72. The van der Waals surface area contributed by atoms with Crippen molar-refractivity contribution in [1.82, 2.24) is 4.57 Å². The quantitative estimate of drug-likeness (QED) is 0.220. The predicted molar refractivity (Wildman–Crippen MR) is 154 cm³/mol. The Balaban J connectivity index is 1.59. The third kappa shape index (κ3) is 2.27. The lowest BCUT2D eigenvalue weighted by atomic mass is 9.81. The largest absolute Gasteiger partial charge is 0.307 e. The Morgan fingerprint density at radius 1 is 0.611 bits per heavy atom. The zero-order valence-corrected chi connectivity index (χ0v) is 21.8. The van der Waals surface area contributed by atoms with Gasteiger partial charge in [-0.2, -0.15) is 0 Å². The SMILES string of the molecule is CC1(C)c2ccccc2-c2c1sc1c2ccc2c3c(n(-c4ccccc4)c21)-c1ccccc1C3(C)C. The van der Waals surface area contributed by atoms with E-state index in [1.165, 1.54) is 70.6 Å². The Morgan fingerprint density at radius 3 is 1.97 bits per heavy atom. The molecule has 36 heavy (non-hydrogen) atoms. The van der Waals surface area contributed by atoms with Crippen LogP contribution in [0.25, 0.3) is 49.1 Å². The molecular formula is C34H27NS. The molecule has 0 saturated heterocycles. The first-order valence-corrected chi connectivity index (χ1v) is 13.6. The minimum Gasteiger partial charge on any atom is -0.307 e.